The number of aryl methyl sites for hydroxylation is 1. The number of halogens is 4. The zero-order chi connectivity index (χ0) is 20.2. The van der Waals surface area contributed by atoms with Crippen LogP contribution in [-0.2, 0) is 11.0 Å². The van der Waals surface area contributed by atoms with Gasteiger partial charge in [0.05, 0.1) is 18.4 Å². The van der Waals surface area contributed by atoms with E-state index in [-0.39, 0.29) is 17.0 Å². The van der Waals surface area contributed by atoms with E-state index in [9.17, 15) is 23.2 Å². The summed E-state index contributed by atoms with van der Waals surface area (Å²) in [6.45, 7) is 1.71. The van der Waals surface area contributed by atoms with E-state index in [1.807, 2.05) is 0 Å². The SMILES string of the molecule is COc1cc(Cl)c(C)cc1NC(=O)/C(C#N)=C/c1ccccc1C(F)(F)F. The lowest BCUT2D eigenvalue weighted by Crippen LogP contribution is -2.15. The number of carbonyl (C=O) groups excluding carboxylic acids is 1. The Labute approximate surface area is 158 Å². The van der Waals surface area contributed by atoms with Crippen molar-refractivity contribution in [1.82, 2.24) is 0 Å². The Kier molecular flexibility index (Phi) is 6.13. The molecule has 0 atom stereocenters. The zero-order valence-corrected chi connectivity index (χ0v) is 15.1. The highest BCUT2D eigenvalue weighted by molar-refractivity contribution is 6.31. The second-order valence-corrected chi connectivity index (χ2v) is 5.92. The number of ether oxygens (including phenoxy) is 1. The number of carbonyl (C=O) groups is 1. The van der Waals surface area contributed by atoms with Crippen LogP contribution < -0.4 is 10.1 Å². The molecule has 2 aromatic rings. The molecule has 0 saturated carbocycles. The maximum absolute atomic E-state index is 13.1. The molecule has 8 heteroatoms. The average molecular weight is 395 g/mol. The van der Waals surface area contributed by atoms with Crippen LogP contribution in [0.2, 0.25) is 5.02 Å². The Bertz CT molecular complexity index is 947. The molecule has 0 bridgehead atoms. The summed E-state index contributed by atoms with van der Waals surface area (Å²) < 4.78 is 44.4. The van der Waals surface area contributed by atoms with E-state index in [0.717, 1.165) is 12.1 Å². The predicted molar refractivity (Wildman–Crippen MR) is 96.4 cm³/mol. The van der Waals surface area contributed by atoms with E-state index in [2.05, 4.69) is 5.32 Å². The van der Waals surface area contributed by atoms with Crippen molar-refractivity contribution in [1.29, 1.82) is 5.26 Å². The maximum atomic E-state index is 13.1. The first kappa shape index (κ1) is 20.3. The topological polar surface area (TPSA) is 62.1 Å². The second-order valence-electron chi connectivity index (χ2n) is 5.51. The van der Waals surface area contributed by atoms with E-state index >= 15 is 0 Å². The molecule has 0 aromatic heterocycles. The van der Waals surface area contributed by atoms with Gasteiger partial charge >= 0.3 is 6.18 Å². The number of rotatable bonds is 4. The van der Waals surface area contributed by atoms with Crippen LogP contribution in [0.15, 0.2) is 42.0 Å². The molecule has 27 heavy (non-hydrogen) atoms. The molecule has 1 amide bonds. The minimum absolute atomic E-state index is 0.245. The van der Waals surface area contributed by atoms with Gasteiger partial charge in [0.1, 0.15) is 17.4 Å². The Morgan fingerprint density at radius 1 is 1.30 bits per heavy atom. The van der Waals surface area contributed by atoms with Crippen LogP contribution in [0.1, 0.15) is 16.7 Å². The lowest BCUT2D eigenvalue weighted by atomic mass is 10.0. The largest absolute Gasteiger partial charge is 0.495 e. The molecule has 0 radical (unpaired) electrons. The van der Waals surface area contributed by atoms with Gasteiger partial charge in [-0.2, -0.15) is 18.4 Å². The van der Waals surface area contributed by atoms with Gasteiger partial charge in [-0.05, 0) is 36.3 Å². The summed E-state index contributed by atoms with van der Waals surface area (Å²) in [6, 6.07) is 9.33. The van der Waals surface area contributed by atoms with E-state index < -0.39 is 23.2 Å². The summed E-state index contributed by atoms with van der Waals surface area (Å²) in [5.41, 5.74) is -0.810. The lowest BCUT2D eigenvalue weighted by Gasteiger charge is -2.13. The highest BCUT2D eigenvalue weighted by atomic mass is 35.5. The molecule has 0 saturated heterocycles. The fourth-order valence-electron chi connectivity index (χ4n) is 2.30. The molecule has 0 spiro atoms. The summed E-state index contributed by atoms with van der Waals surface area (Å²) in [7, 11) is 1.37. The van der Waals surface area contributed by atoms with Crippen molar-refractivity contribution >= 4 is 29.3 Å². The molecule has 0 unspecified atom stereocenters. The standard InChI is InChI=1S/C19H14ClF3N2O2/c1-11-7-16(17(27-2)9-15(11)20)25-18(26)13(10-24)8-12-5-3-4-6-14(12)19(21,22)23/h3-9H,1-2H3,(H,25,26)/b13-8+. The molecule has 0 heterocycles. The van der Waals surface area contributed by atoms with Gasteiger partial charge < -0.3 is 10.1 Å². The number of alkyl halides is 3. The summed E-state index contributed by atoms with van der Waals surface area (Å²) in [5, 5.41) is 12.1. The second kappa shape index (κ2) is 8.14. The fraction of sp³-hybridized carbons (Fsp3) is 0.158. The van der Waals surface area contributed by atoms with E-state index in [0.29, 0.717) is 10.6 Å². The van der Waals surface area contributed by atoms with Gasteiger partial charge in [0.2, 0.25) is 0 Å². The van der Waals surface area contributed by atoms with Gasteiger partial charge in [0.25, 0.3) is 5.91 Å². The Balaban J connectivity index is 2.40. The molecular weight excluding hydrogens is 381 g/mol. The maximum Gasteiger partial charge on any atom is 0.416 e. The van der Waals surface area contributed by atoms with Crippen LogP contribution in [0.25, 0.3) is 6.08 Å². The van der Waals surface area contributed by atoms with Gasteiger partial charge in [-0.15, -0.1) is 0 Å². The third kappa shape index (κ3) is 4.80. The third-order valence-electron chi connectivity index (χ3n) is 3.66. The number of anilines is 1. The van der Waals surface area contributed by atoms with Crippen LogP contribution in [0, 0.1) is 18.3 Å². The van der Waals surface area contributed by atoms with Crippen molar-refractivity contribution in [2.75, 3.05) is 12.4 Å². The molecule has 140 valence electrons. The fourth-order valence-corrected chi connectivity index (χ4v) is 2.46. The van der Waals surface area contributed by atoms with Gasteiger partial charge in [0, 0.05) is 11.1 Å². The van der Waals surface area contributed by atoms with Crippen molar-refractivity contribution in [2.45, 2.75) is 13.1 Å². The molecule has 4 nitrogen and oxygen atoms in total. The molecule has 2 rings (SSSR count). The minimum Gasteiger partial charge on any atom is -0.495 e. The molecular formula is C19H14ClF3N2O2. The number of methoxy groups -OCH3 is 1. The molecule has 0 aliphatic carbocycles. The monoisotopic (exact) mass is 394 g/mol. The van der Waals surface area contributed by atoms with Crippen LogP contribution in [0.4, 0.5) is 18.9 Å². The number of amides is 1. The quantitative estimate of drug-likeness (QED) is 0.571. The number of hydrogen-bond acceptors (Lipinski definition) is 3. The molecule has 0 aliphatic rings. The van der Waals surface area contributed by atoms with Crippen LogP contribution >= 0.6 is 11.6 Å². The van der Waals surface area contributed by atoms with Crippen molar-refractivity contribution in [3.63, 3.8) is 0 Å². The van der Waals surface area contributed by atoms with E-state index in [4.69, 9.17) is 16.3 Å². The summed E-state index contributed by atoms with van der Waals surface area (Å²) in [5.74, 6) is -0.610. The first-order valence-electron chi connectivity index (χ1n) is 7.61. The van der Waals surface area contributed by atoms with Crippen molar-refractivity contribution in [2.24, 2.45) is 0 Å². The highest BCUT2D eigenvalue weighted by Crippen LogP contribution is 2.33. The number of benzene rings is 2. The highest BCUT2D eigenvalue weighted by Gasteiger charge is 2.32. The molecule has 2 aromatic carbocycles. The van der Waals surface area contributed by atoms with Gasteiger partial charge in [0.15, 0.2) is 0 Å². The van der Waals surface area contributed by atoms with Crippen molar-refractivity contribution in [3.05, 3.63) is 63.7 Å². The van der Waals surface area contributed by atoms with Crippen LogP contribution in [0.3, 0.4) is 0 Å². The molecule has 0 fully saturated rings. The Hall–Kier alpha value is -2.98. The summed E-state index contributed by atoms with van der Waals surface area (Å²) in [6.07, 6.45) is -3.71. The zero-order valence-electron chi connectivity index (χ0n) is 14.3. The molecule has 1 N–H and O–H groups in total. The van der Waals surface area contributed by atoms with Gasteiger partial charge in [-0.1, -0.05) is 29.8 Å². The Morgan fingerprint density at radius 3 is 2.56 bits per heavy atom. The normalized spacial score (nSPS) is 11.7. The van der Waals surface area contributed by atoms with Crippen molar-refractivity contribution < 1.29 is 22.7 Å². The van der Waals surface area contributed by atoms with Crippen LogP contribution in [0.5, 0.6) is 5.75 Å². The van der Waals surface area contributed by atoms with Crippen molar-refractivity contribution in [3.8, 4) is 11.8 Å². The van der Waals surface area contributed by atoms with Gasteiger partial charge in [-0.25, -0.2) is 0 Å². The van der Waals surface area contributed by atoms with E-state index in [1.165, 1.54) is 37.4 Å². The Morgan fingerprint density at radius 2 is 1.96 bits per heavy atom. The summed E-state index contributed by atoms with van der Waals surface area (Å²) in [4.78, 5) is 12.4. The first-order valence-corrected chi connectivity index (χ1v) is 7.98. The number of nitrogens with one attached hydrogen (secondary N) is 1. The lowest BCUT2D eigenvalue weighted by molar-refractivity contribution is -0.137. The van der Waals surface area contributed by atoms with Gasteiger partial charge in [-0.3, -0.25) is 4.79 Å². The predicted octanol–water partition coefficient (Wildman–Crippen LogP) is 5.22. The van der Waals surface area contributed by atoms with Crippen LogP contribution in [-0.4, -0.2) is 13.0 Å². The summed E-state index contributed by atoms with van der Waals surface area (Å²) >= 11 is 6.00. The number of nitrogens with zero attached hydrogens (tertiary/aromatic N) is 1. The number of hydrogen-bond donors (Lipinski definition) is 1. The average Bonchev–Trinajstić information content (AvgIpc) is 2.61. The smallest absolute Gasteiger partial charge is 0.416 e. The third-order valence-corrected chi connectivity index (χ3v) is 4.07. The first-order chi connectivity index (χ1) is 12.7. The molecule has 0 aliphatic heterocycles. The number of nitriles is 1. The van der Waals surface area contributed by atoms with E-state index in [1.54, 1.807) is 13.0 Å². The minimum atomic E-state index is -4.61.